The maximum atomic E-state index is 13.3. The number of hydrogen-bond donors (Lipinski definition) is 0. The first-order valence-electron chi connectivity index (χ1n) is 10.8. The van der Waals surface area contributed by atoms with Gasteiger partial charge in [0.05, 0.1) is 11.8 Å². The van der Waals surface area contributed by atoms with Crippen molar-refractivity contribution in [3.63, 3.8) is 0 Å². The van der Waals surface area contributed by atoms with Crippen LogP contribution in [0, 0.1) is 0 Å². The van der Waals surface area contributed by atoms with E-state index in [0.29, 0.717) is 35.3 Å². The number of urea groups is 1. The van der Waals surface area contributed by atoms with E-state index in [1.54, 1.807) is 46.5 Å². The Kier molecular flexibility index (Phi) is 7.04. The summed E-state index contributed by atoms with van der Waals surface area (Å²) in [4.78, 5) is 25.1. The van der Waals surface area contributed by atoms with Gasteiger partial charge in [0, 0.05) is 42.4 Å². The van der Waals surface area contributed by atoms with E-state index in [4.69, 9.17) is 16.3 Å². The molecular formula is C24H25ClN4O4S. The molecule has 0 radical (unpaired) electrons. The van der Waals surface area contributed by atoms with Gasteiger partial charge in [-0.3, -0.25) is 9.88 Å². The second-order valence-corrected chi connectivity index (χ2v) is 10.8. The van der Waals surface area contributed by atoms with Gasteiger partial charge in [0.15, 0.2) is 0 Å². The molecule has 1 aliphatic rings. The van der Waals surface area contributed by atoms with Gasteiger partial charge in [-0.15, -0.1) is 0 Å². The molecule has 0 bridgehead atoms. The number of benzene rings is 2. The molecule has 1 fully saturated rings. The highest BCUT2D eigenvalue weighted by Gasteiger charge is 2.39. The Hall–Kier alpha value is -3.17. The van der Waals surface area contributed by atoms with E-state index in [2.05, 4.69) is 9.97 Å². The average Bonchev–Trinajstić information content (AvgIpc) is 3.14. The maximum Gasteiger partial charge on any atom is 0.325 e. The molecule has 4 rings (SSSR count). The molecule has 0 saturated carbocycles. The minimum absolute atomic E-state index is 0.102. The van der Waals surface area contributed by atoms with Crippen LogP contribution in [0.1, 0.15) is 24.2 Å². The summed E-state index contributed by atoms with van der Waals surface area (Å²) in [5.41, 5.74) is 2.28. The Balaban J connectivity index is 1.66. The molecule has 1 saturated heterocycles. The van der Waals surface area contributed by atoms with Crippen LogP contribution in [-0.4, -0.2) is 54.4 Å². The van der Waals surface area contributed by atoms with Gasteiger partial charge in [-0.05, 0) is 48.4 Å². The number of amides is 2. The number of anilines is 1. The van der Waals surface area contributed by atoms with Gasteiger partial charge in [-0.1, -0.05) is 30.7 Å². The van der Waals surface area contributed by atoms with Crippen LogP contribution < -0.4 is 9.64 Å². The second kappa shape index (κ2) is 9.99. The van der Waals surface area contributed by atoms with Crippen LogP contribution in [-0.2, 0) is 16.3 Å². The van der Waals surface area contributed by atoms with Crippen molar-refractivity contribution in [2.24, 2.45) is 0 Å². The first-order chi connectivity index (χ1) is 16.2. The quantitative estimate of drug-likeness (QED) is 0.451. The van der Waals surface area contributed by atoms with Gasteiger partial charge >= 0.3 is 6.03 Å². The zero-order chi connectivity index (χ0) is 24.3. The first-order valence-corrected chi connectivity index (χ1v) is 13.3. The third-order valence-electron chi connectivity index (χ3n) is 5.55. The Morgan fingerprint density at radius 3 is 2.56 bits per heavy atom. The molecular weight excluding hydrogens is 476 g/mol. The van der Waals surface area contributed by atoms with E-state index < -0.39 is 9.84 Å². The average molecular weight is 501 g/mol. The van der Waals surface area contributed by atoms with Gasteiger partial charge < -0.3 is 9.64 Å². The molecule has 10 heteroatoms. The number of nitrogens with zero attached hydrogens (tertiary/aromatic N) is 4. The van der Waals surface area contributed by atoms with Crippen LogP contribution in [0.3, 0.4) is 0 Å². The van der Waals surface area contributed by atoms with Crippen molar-refractivity contribution in [1.82, 2.24) is 14.9 Å². The predicted molar refractivity (Wildman–Crippen MR) is 131 cm³/mol. The van der Waals surface area contributed by atoms with Crippen molar-refractivity contribution >= 4 is 33.2 Å². The summed E-state index contributed by atoms with van der Waals surface area (Å²) in [5.74, 6) is 0.912. The van der Waals surface area contributed by atoms with Gasteiger partial charge in [-0.2, -0.15) is 0 Å². The zero-order valence-electron chi connectivity index (χ0n) is 18.9. The number of halogens is 1. The standard InChI is InChI=1S/C24H25ClN4O4S/c1-3-21-23(27-12-11-26-21)33-20-6-4-5-17(15-20)22-16-28(13-14-34(2,31)32)24(30)29(22)19-9-7-18(25)8-10-19/h4-12,15,22H,3,13-14,16H2,1-2H3. The van der Waals surface area contributed by atoms with Crippen molar-refractivity contribution in [3.8, 4) is 11.6 Å². The molecule has 178 valence electrons. The lowest BCUT2D eigenvalue weighted by Gasteiger charge is -2.24. The molecule has 2 aromatic carbocycles. The minimum Gasteiger partial charge on any atom is -0.437 e. The van der Waals surface area contributed by atoms with Crippen molar-refractivity contribution in [2.45, 2.75) is 19.4 Å². The molecule has 34 heavy (non-hydrogen) atoms. The van der Waals surface area contributed by atoms with Crippen LogP contribution in [0.15, 0.2) is 60.9 Å². The molecule has 1 atom stereocenters. The van der Waals surface area contributed by atoms with E-state index in [-0.39, 0.29) is 24.4 Å². The van der Waals surface area contributed by atoms with Gasteiger partial charge in [0.25, 0.3) is 0 Å². The lowest BCUT2D eigenvalue weighted by molar-refractivity contribution is 0.223. The normalized spacial score (nSPS) is 16.2. The smallest absolute Gasteiger partial charge is 0.325 e. The number of carbonyl (C=O) groups is 1. The highest BCUT2D eigenvalue weighted by molar-refractivity contribution is 7.90. The lowest BCUT2D eigenvalue weighted by Crippen LogP contribution is -2.35. The number of carbonyl (C=O) groups excluding carboxylic acids is 1. The molecule has 0 spiro atoms. The molecule has 1 aromatic heterocycles. The molecule has 1 aliphatic heterocycles. The Bertz CT molecular complexity index is 1280. The van der Waals surface area contributed by atoms with Gasteiger partial charge in [0.1, 0.15) is 21.3 Å². The van der Waals surface area contributed by atoms with Crippen LogP contribution >= 0.6 is 11.6 Å². The van der Waals surface area contributed by atoms with Crippen LogP contribution in [0.2, 0.25) is 5.02 Å². The SMILES string of the molecule is CCc1nccnc1Oc1cccc(C2CN(CCS(C)(=O)=O)C(=O)N2c2ccc(Cl)cc2)c1. The summed E-state index contributed by atoms with van der Waals surface area (Å²) in [6.07, 6.45) is 5.05. The van der Waals surface area contributed by atoms with Gasteiger partial charge in [-0.25, -0.2) is 18.2 Å². The highest BCUT2D eigenvalue weighted by atomic mass is 35.5. The molecule has 8 nitrogen and oxygen atoms in total. The number of hydrogen-bond acceptors (Lipinski definition) is 6. The predicted octanol–water partition coefficient (Wildman–Crippen LogP) is 4.51. The second-order valence-electron chi connectivity index (χ2n) is 8.06. The monoisotopic (exact) mass is 500 g/mol. The van der Waals surface area contributed by atoms with Gasteiger partial charge in [0.2, 0.25) is 5.88 Å². The fourth-order valence-corrected chi connectivity index (χ4v) is 4.52. The van der Waals surface area contributed by atoms with Crippen molar-refractivity contribution in [2.75, 3.05) is 30.0 Å². The van der Waals surface area contributed by atoms with E-state index in [1.165, 1.54) is 6.26 Å². The number of ether oxygens (including phenoxy) is 1. The fourth-order valence-electron chi connectivity index (χ4n) is 3.84. The highest BCUT2D eigenvalue weighted by Crippen LogP contribution is 2.36. The maximum absolute atomic E-state index is 13.3. The van der Waals surface area contributed by atoms with E-state index in [9.17, 15) is 13.2 Å². The van der Waals surface area contributed by atoms with E-state index >= 15 is 0 Å². The molecule has 3 aromatic rings. The Labute approximate surface area is 204 Å². The summed E-state index contributed by atoms with van der Waals surface area (Å²) in [6, 6.07) is 13.9. The first kappa shape index (κ1) is 24.0. The Morgan fingerprint density at radius 1 is 1.12 bits per heavy atom. The van der Waals surface area contributed by atoms with Crippen molar-refractivity contribution in [3.05, 3.63) is 77.2 Å². The Morgan fingerprint density at radius 2 is 1.85 bits per heavy atom. The summed E-state index contributed by atoms with van der Waals surface area (Å²) in [6.45, 7) is 2.44. The number of aromatic nitrogens is 2. The zero-order valence-corrected chi connectivity index (χ0v) is 20.5. The fraction of sp³-hybridized carbons (Fsp3) is 0.292. The summed E-state index contributed by atoms with van der Waals surface area (Å²) in [5, 5.41) is 0.562. The third-order valence-corrected chi connectivity index (χ3v) is 6.72. The van der Waals surface area contributed by atoms with Crippen molar-refractivity contribution < 1.29 is 17.9 Å². The topological polar surface area (TPSA) is 92.7 Å². The lowest BCUT2D eigenvalue weighted by atomic mass is 10.1. The van der Waals surface area contributed by atoms with Crippen LogP contribution in [0.5, 0.6) is 11.6 Å². The molecule has 2 amide bonds. The number of aryl methyl sites for hydroxylation is 1. The summed E-state index contributed by atoms with van der Waals surface area (Å²) < 4.78 is 29.4. The molecule has 0 aliphatic carbocycles. The van der Waals surface area contributed by atoms with Crippen molar-refractivity contribution in [1.29, 1.82) is 0 Å². The van der Waals surface area contributed by atoms with E-state index in [0.717, 1.165) is 11.3 Å². The summed E-state index contributed by atoms with van der Waals surface area (Å²) >= 11 is 6.05. The molecule has 1 unspecified atom stereocenters. The third kappa shape index (κ3) is 5.48. The van der Waals surface area contributed by atoms with Crippen LogP contribution in [0.4, 0.5) is 10.5 Å². The molecule has 0 N–H and O–H groups in total. The van der Waals surface area contributed by atoms with E-state index in [1.807, 2.05) is 31.2 Å². The molecule has 2 heterocycles. The minimum atomic E-state index is -3.22. The number of rotatable bonds is 8. The number of sulfone groups is 1. The van der Waals surface area contributed by atoms with Crippen LogP contribution in [0.25, 0.3) is 0 Å². The summed E-state index contributed by atoms with van der Waals surface area (Å²) in [7, 11) is -3.22. The largest absolute Gasteiger partial charge is 0.437 e.